The number of hydrogen-bond donors (Lipinski definition) is 0. The molecule has 0 spiro atoms. The van der Waals surface area contributed by atoms with E-state index in [1.54, 1.807) is 0 Å². The third-order valence-electron chi connectivity index (χ3n) is 0.500. The van der Waals surface area contributed by atoms with Crippen LogP contribution in [0.25, 0.3) is 0 Å². The molecule has 12 N–H and O–H groups in total. The van der Waals surface area contributed by atoms with Gasteiger partial charge in [-0.25, -0.2) is 0 Å². The molecule has 0 aromatic heterocycles. The zero-order valence-electron chi connectivity index (χ0n) is 11.7. The second kappa shape index (κ2) is 43.3. The molecule has 20 heteroatoms. The van der Waals surface area contributed by atoms with Gasteiger partial charge >= 0.3 is 34.7 Å². The SMILES string of the molecule is O.O.O.O.O.O.O=C([O-])C(=O)[O-].O=C([O-])C(=O)[O-].O=C([O-])C(=O)[O-].[Cr+3].[Cr+3]. The number of carboxylic acids is 6. The van der Waals surface area contributed by atoms with Crippen molar-refractivity contribution in [3.05, 3.63) is 0 Å². The van der Waals surface area contributed by atoms with Gasteiger partial charge < -0.3 is 92.3 Å². The number of carbonyl (C=O) groups is 6. The number of carbonyl (C=O) groups excluding carboxylic acids is 6. The van der Waals surface area contributed by atoms with Gasteiger partial charge in [-0.15, -0.1) is 0 Å². The fraction of sp³-hybridized carbons (Fsp3) is 0. The number of aliphatic carboxylic acids is 6. The average molecular weight is 476 g/mol. The van der Waals surface area contributed by atoms with Crippen LogP contribution in [0.4, 0.5) is 0 Å². The van der Waals surface area contributed by atoms with E-state index >= 15 is 0 Å². The summed E-state index contributed by atoms with van der Waals surface area (Å²) >= 11 is 0. The molecule has 0 heterocycles. The van der Waals surface area contributed by atoms with Gasteiger partial charge in [0.15, 0.2) is 0 Å². The molecule has 0 saturated carbocycles. The van der Waals surface area contributed by atoms with Gasteiger partial charge in [-0.1, -0.05) is 0 Å². The van der Waals surface area contributed by atoms with Gasteiger partial charge in [-0.05, 0) is 0 Å². The monoisotopic (exact) mass is 476 g/mol. The Hall–Kier alpha value is -2.36. The molecule has 0 aliphatic rings. The van der Waals surface area contributed by atoms with E-state index in [1.807, 2.05) is 0 Å². The minimum atomic E-state index is -2.19. The van der Waals surface area contributed by atoms with Crippen molar-refractivity contribution in [3.8, 4) is 0 Å². The van der Waals surface area contributed by atoms with Crippen molar-refractivity contribution in [2.45, 2.75) is 0 Å². The van der Waals surface area contributed by atoms with Crippen LogP contribution in [0.15, 0.2) is 0 Å². The Morgan fingerprint density at radius 3 is 0.346 bits per heavy atom. The fourth-order valence-electron chi connectivity index (χ4n) is 0. The zero-order chi connectivity index (χ0) is 15.5. The normalized spacial score (nSPS) is 5.08. The van der Waals surface area contributed by atoms with Crippen LogP contribution in [0.3, 0.4) is 0 Å². The molecule has 0 unspecified atom stereocenters. The minimum Gasteiger partial charge on any atom is -0.543 e. The first-order valence-electron chi connectivity index (χ1n) is 3.20. The molecule has 156 valence electrons. The second-order valence-corrected chi connectivity index (χ2v) is 1.72. The van der Waals surface area contributed by atoms with Crippen molar-refractivity contribution < 1.29 is 127 Å². The molecule has 26 heavy (non-hydrogen) atoms. The Bertz CT molecular complexity index is 285. The predicted octanol–water partition coefficient (Wildman–Crippen LogP) is -15.5. The second-order valence-electron chi connectivity index (χ2n) is 1.72. The van der Waals surface area contributed by atoms with Crippen LogP contribution in [-0.2, 0) is 63.5 Å². The van der Waals surface area contributed by atoms with E-state index in [1.165, 1.54) is 0 Å². The van der Waals surface area contributed by atoms with Gasteiger partial charge in [0.25, 0.3) is 0 Å². The Morgan fingerprint density at radius 1 is 0.308 bits per heavy atom. The molecule has 0 aliphatic carbocycles. The molecule has 0 atom stereocenters. The minimum absolute atomic E-state index is 0. The van der Waals surface area contributed by atoms with Crippen LogP contribution in [0, 0.1) is 0 Å². The molecule has 18 nitrogen and oxygen atoms in total. The van der Waals surface area contributed by atoms with Gasteiger partial charge in [-0.2, -0.15) is 0 Å². The van der Waals surface area contributed by atoms with Gasteiger partial charge in [0.05, 0.1) is 35.8 Å². The predicted molar refractivity (Wildman–Crippen MR) is 51.7 cm³/mol. The van der Waals surface area contributed by atoms with Crippen LogP contribution < -0.4 is 30.6 Å². The van der Waals surface area contributed by atoms with Crippen LogP contribution >= 0.6 is 0 Å². The van der Waals surface area contributed by atoms with E-state index in [4.69, 9.17) is 59.4 Å². The van der Waals surface area contributed by atoms with E-state index in [-0.39, 0.29) is 67.6 Å². The smallest absolute Gasteiger partial charge is 0.543 e. The fourth-order valence-corrected chi connectivity index (χ4v) is 0. The van der Waals surface area contributed by atoms with E-state index in [9.17, 15) is 0 Å². The first-order chi connectivity index (χ1) is 7.93. The molecule has 0 aromatic carbocycles. The van der Waals surface area contributed by atoms with E-state index < -0.39 is 35.8 Å². The molecule has 0 fully saturated rings. The summed E-state index contributed by atoms with van der Waals surface area (Å²) in [5, 5.41) is 53.6. The summed E-state index contributed by atoms with van der Waals surface area (Å²) in [7, 11) is 0. The number of rotatable bonds is 0. The molecule has 0 saturated heterocycles. The van der Waals surface area contributed by atoms with Crippen LogP contribution in [-0.4, -0.2) is 68.7 Å². The summed E-state index contributed by atoms with van der Waals surface area (Å²) in [5.74, 6) is -13.1. The van der Waals surface area contributed by atoms with Crippen molar-refractivity contribution in [1.29, 1.82) is 0 Å². The first kappa shape index (κ1) is 75.8. The molecular weight excluding hydrogens is 464 g/mol. The molecule has 0 aromatic rings. The van der Waals surface area contributed by atoms with Gasteiger partial charge in [0, 0.05) is 0 Å². The topological polar surface area (TPSA) is 430 Å². The van der Waals surface area contributed by atoms with E-state index in [0.717, 1.165) is 0 Å². The summed E-state index contributed by atoms with van der Waals surface area (Å²) in [5.41, 5.74) is 0. The Morgan fingerprint density at radius 2 is 0.346 bits per heavy atom. The Balaban J connectivity index is -0.0000000125. The summed E-state index contributed by atoms with van der Waals surface area (Å²) < 4.78 is 0. The average Bonchev–Trinajstić information content (AvgIpc) is 2.18. The summed E-state index contributed by atoms with van der Waals surface area (Å²) in [4.78, 5) is 53.6. The number of hydrogen-bond acceptors (Lipinski definition) is 12. The molecular formula is C6H12Cr2O18. The standard InChI is InChI=1S/3C2H2O4.2Cr.6H2O/c3*3-1(4)2(5)6;;;;;;;;/h3*(H,3,4)(H,5,6);;;6*1H2/q;;;2*+3;;;;;;/p-6. The summed E-state index contributed by atoms with van der Waals surface area (Å²) in [6.45, 7) is 0. The van der Waals surface area contributed by atoms with Crippen LogP contribution in [0.5, 0.6) is 0 Å². The largest absolute Gasteiger partial charge is 3.00 e. The van der Waals surface area contributed by atoms with Crippen molar-refractivity contribution in [2.24, 2.45) is 0 Å². The Kier molecular flexibility index (Phi) is 126. The molecule has 0 rings (SSSR count). The van der Waals surface area contributed by atoms with Gasteiger partial charge in [0.2, 0.25) is 0 Å². The van der Waals surface area contributed by atoms with E-state index in [0.29, 0.717) is 0 Å². The quantitative estimate of drug-likeness (QED) is 0.294. The van der Waals surface area contributed by atoms with Crippen molar-refractivity contribution >= 4 is 35.8 Å². The first-order valence-corrected chi connectivity index (χ1v) is 3.20. The maximum Gasteiger partial charge on any atom is 3.00 e. The van der Waals surface area contributed by atoms with Gasteiger partial charge in [0.1, 0.15) is 0 Å². The maximum absolute atomic E-state index is 8.93. The maximum atomic E-state index is 8.93. The zero-order valence-corrected chi connectivity index (χ0v) is 14.3. The summed E-state index contributed by atoms with van der Waals surface area (Å²) in [6.07, 6.45) is 0. The van der Waals surface area contributed by atoms with Gasteiger partial charge in [-0.3, -0.25) is 0 Å². The number of carboxylic acid groups (broad SMARTS) is 6. The van der Waals surface area contributed by atoms with Crippen molar-refractivity contribution in [1.82, 2.24) is 0 Å². The van der Waals surface area contributed by atoms with Crippen molar-refractivity contribution in [2.75, 3.05) is 0 Å². The molecule has 0 aliphatic heterocycles. The van der Waals surface area contributed by atoms with E-state index in [2.05, 4.69) is 0 Å². The molecule has 0 bridgehead atoms. The Labute approximate surface area is 163 Å². The summed E-state index contributed by atoms with van der Waals surface area (Å²) in [6, 6.07) is 0. The third-order valence-corrected chi connectivity index (χ3v) is 0.500. The molecule has 0 amide bonds. The third kappa shape index (κ3) is 99.2. The van der Waals surface area contributed by atoms with Crippen LogP contribution in [0.1, 0.15) is 0 Å². The van der Waals surface area contributed by atoms with Crippen LogP contribution in [0.2, 0.25) is 0 Å². The van der Waals surface area contributed by atoms with Crippen molar-refractivity contribution in [3.63, 3.8) is 0 Å². The molecule has 2 radical (unpaired) electrons.